The molecular formula is C17H15BrClN3O. The number of amides is 1. The smallest absolute Gasteiger partial charge is 0.270 e. The van der Waals surface area contributed by atoms with Gasteiger partial charge in [0.1, 0.15) is 11.3 Å². The van der Waals surface area contributed by atoms with Crippen molar-refractivity contribution in [3.8, 4) is 0 Å². The maximum atomic E-state index is 12.6. The molecule has 0 aliphatic heterocycles. The molecule has 0 spiro atoms. The van der Waals surface area contributed by atoms with Gasteiger partial charge in [-0.3, -0.25) is 9.20 Å². The molecule has 0 aliphatic rings. The zero-order valence-corrected chi connectivity index (χ0v) is 15.1. The Hall–Kier alpha value is -1.85. The van der Waals surface area contributed by atoms with Crippen LogP contribution >= 0.6 is 27.5 Å². The Morgan fingerprint density at radius 2 is 2.00 bits per heavy atom. The minimum absolute atomic E-state index is 0.151. The molecule has 0 radical (unpaired) electrons. The lowest BCUT2D eigenvalue weighted by molar-refractivity contribution is 0.0944. The summed E-state index contributed by atoms with van der Waals surface area (Å²) in [6, 6.07) is 9.39. The molecule has 4 nitrogen and oxygen atoms in total. The third-order valence-corrected chi connectivity index (χ3v) is 4.31. The summed E-state index contributed by atoms with van der Waals surface area (Å²) < 4.78 is 2.73. The van der Waals surface area contributed by atoms with Gasteiger partial charge in [0.25, 0.3) is 5.91 Å². The Balaban J connectivity index is 1.89. The first-order chi connectivity index (χ1) is 11.0. The van der Waals surface area contributed by atoms with Crippen LogP contribution in [0.5, 0.6) is 0 Å². The van der Waals surface area contributed by atoms with Crippen LogP contribution in [-0.2, 0) is 6.54 Å². The quantitative estimate of drug-likeness (QED) is 0.722. The van der Waals surface area contributed by atoms with E-state index in [1.807, 2.05) is 54.8 Å². The second-order valence-corrected chi connectivity index (χ2v) is 6.74. The van der Waals surface area contributed by atoms with E-state index in [0.717, 1.165) is 21.2 Å². The highest BCUT2D eigenvalue weighted by Crippen LogP contribution is 2.20. The molecule has 0 atom stereocenters. The number of hydrogen-bond donors (Lipinski definition) is 1. The highest BCUT2D eigenvalue weighted by Gasteiger charge is 2.17. The lowest BCUT2D eigenvalue weighted by Crippen LogP contribution is -2.25. The van der Waals surface area contributed by atoms with Crippen LogP contribution in [0.3, 0.4) is 0 Å². The highest BCUT2D eigenvalue weighted by atomic mass is 79.9. The Morgan fingerprint density at radius 3 is 2.70 bits per heavy atom. The third kappa shape index (κ3) is 3.26. The average molecular weight is 393 g/mol. The molecule has 1 aromatic carbocycles. The molecule has 118 valence electrons. The summed E-state index contributed by atoms with van der Waals surface area (Å²) in [5.74, 6) is -0.151. The van der Waals surface area contributed by atoms with Crippen LogP contribution in [0.4, 0.5) is 0 Å². The molecule has 0 saturated heterocycles. The fourth-order valence-corrected chi connectivity index (χ4v) is 3.20. The standard InChI is InChI=1S/C17H15BrClN3O/c1-10-7-13(18)9-22-15(11(2)21-16(10)22)17(23)20-8-12-3-5-14(19)6-4-12/h3-7,9H,8H2,1-2H3,(H,20,23). The number of nitrogens with zero attached hydrogens (tertiary/aromatic N) is 2. The summed E-state index contributed by atoms with van der Waals surface area (Å²) in [6.45, 7) is 4.26. The Kier molecular flexibility index (Phi) is 4.41. The summed E-state index contributed by atoms with van der Waals surface area (Å²) in [7, 11) is 0. The van der Waals surface area contributed by atoms with E-state index < -0.39 is 0 Å². The molecule has 0 bridgehead atoms. The normalized spacial score (nSPS) is 11.0. The summed E-state index contributed by atoms with van der Waals surface area (Å²) in [5, 5.41) is 3.61. The molecule has 1 N–H and O–H groups in total. The van der Waals surface area contributed by atoms with E-state index in [2.05, 4.69) is 26.2 Å². The Bertz CT molecular complexity index is 887. The monoisotopic (exact) mass is 391 g/mol. The van der Waals surface area contributed by atoms with E-state index in [4.69, 9.17) is 11.6 Å². The molecule has 3 rings (SSSR count). The van der Waals surface area contributed by atoms with Crippen LogP contribution in [0, 0.1) is 13.8 Å². The molecular weight excluding hydrogens is 378 g/mol. The number of hydrogen-bond acceptors (Lipinski definition) is 2. The van der Waals surface area contributed by atoms with Crippen molar-refractivity contribution >= 4 is 39.1 Å². The van der Waals surface area contributed by atoms with Crippen LogP contribution in [0.15, 0.2) is 41.0 Å². The van der Waals surface area contributed by atoms with E-state index in [1.165, 1.54) is 0 Å². The van der Waals surface area contributed by atoms with Crippen LogP contribution in [0.1, 0.15) is 27.3 Å². The van der Waals surface area contributed by atoms with E-state index in [-0.39, 0.29) is 5.91 Å². The van der Waals surface area contributed by atoms with Gasteiger partial charge < -0.3 is 5.32 Å². The van der Waals surface area contributed by atoms with Gasteiger partial charge in [0.15, 0.2) is 0 Å². The van der Waals surface area contributed by atoms with Gasteiger partial charge in [-0.25, -0.2) is 4.98 Å². The number of fused-ring (bicyclic) bond motifs is 1. The molecule has 0 unspecified atom stereocenters. The number of carbonyl (C=O) groups is 1. The van der Waals surface area contributed by atoms with Crippen molar-refractivity contribution in [2.75, 3.05) is 0 Å². The first kappa shape index (κ1) is 16.0. The minimum atomic E-state index is -0.151. The van der Waals surface area contributed by atoms with E-state index in [9.17, 15) is 4.79 Å². The molecule has 1 amide bonds. The molecule has 6 heteroatoms. The lowest BCUT2D eigenvalue weighted by Gasteiger charge is -2.07. The van der Waals surface area contributed by atoms with Crippen LogP contribution in [0.2, 0.25) is 5.02 Å². The molecule has 3 aromatic rings. The SMILES string of the molecule is Cc1nc2c(C)cc(Br)cn2c1C(=O)NCc1ccc(Cl)cc1. The van der Waals surface area contributed by atoms with E-state index >= 15 is 0 Å². The lowest BCUT2D eigenvalue weighted by atomic mass is 10.2. The van der Waals surface area contributed by atoms with Gasteiger partial charge in [-0.2, -0.15) is 0 Å². The fourth-order valence-electron chi connectivity index (χ4n) is 2.52. The van der Waals surface area contributed by atoms with Crippen molar-refractivity contribution in [1.82, 2.24) is 14.7 Å². The van der Waals surface area contributed by atoms with Crippen molar-refractivity contribution in [2.24, 2.45) is 0 Å². The molecule has 2 heterocycles. The second-order valence-electron chi connectivity index (χ2n) is 5.39. The van der Waals surface area contributed by atoms with Crippen molar-refractivity contribution in [2.45, 2.75) is 20.4 Å². The Labute approximate surface area is 147 Å². The van der Waals surface area contributed by atoms with Gasteiger partial charge in [0.05, 0.1) is 5.69 Å². The van der Waals surface area contributed by atoms with Crippen LogP contribution in [0.25, 0.3) is 5.65 Å². The second kappa shape index (κ2) is 6.34. The Morgan fingerprint density at radius 1 is 1.30 bits per heavy atom. The predicted molar refractivity (Wildman–Crippen MR) is 95.0 cm³/mol. The zero-order chi connectivity index (χ0) is 16.6. The number of halogens is 2. The molecule has 0 saturated carbocycles. The van der Waals surface area contributed by atoms with Crippen LogP contribution < -0.4 is 5.32 Å². The average Bonchev–Trinajstić information content (AvgIpc) is 2.83. The maximum Gasteiger partial charge on any atom is 0.270 e. The van der Waals surface area contributed by atoms with Crippen molar-refractivity contribution in [3.63, 3.8) is 0 Å². The van der Waals surface area contributed by atoms with Gasteiger partial charge in [0.2, 0.25) is 0 Å². The maximum absolute atomic E-state index is 12.6. The number of nitrogens with one attached hydrogen (secondary N) is 1. The van der Waals surface area contributed by atoms with Gasteiger partial charge in [-0.15, -0.1) is 0 Å². The van der Waals surface area contributed by atoms with Crippen molar-refractivity contribution in [3.05, 3.63) is 68.5 Å². The number of aromatic nitrogens is 2. The number of carbonyl (C=O) groups excluding carboxylic acids is 1. The van der Waals surface area contributed by atoms with Gasteiger partial charge >= 0.3 is 0 Å². The summed E-state index contributed by atoms with van der Waals surface area (Å²) in [4.78, 5) is 17.1. The predicted octanol–water partition coefficient (Wildman–Crippen LogP) is 4.30. The van der Waals surface area contributed by atoms with Crippen LogP contribution in [-0.4, -0.2) is 15.3 Å². The molecule has 2 aromatic heterocycles. The molecule has 0 aliphatic carbocycles. The fraction of sp³-hybridized carbons (Fsp3) is 0.176. The van der Waals surface area contributed by atoms with E-state index in [0.29, 0.717) is 23.0 Å². The van der Waals surface area contributed by atoms with Crippen molar-refractivity contribution in [1.29, 1.82) is 0 Å². The number of rotatable bonds is 3. The molecule has 0 fully saturated rings. The molecule has 23 heavy (non-hydrogen) atoms. The topological polar surface area (TPSA) is 46.4 Å². The summed E-state index contributed by atoms with van der Waals surface area (Å²) >= 11 is 9.33. The van der Waals surface area contributed by atoms with Crippen molar-refractivity contribution < 1.29 is 4.79 Å². The van der Waals surface area contributed by atoms with Gasteiger partial charge in [0, 0.05) is 22.2 Å². The zero-order valence-electron chi connectivity index (χ0n) is 12.7. The highest BCUT2D eigenvalue weighted by molar-refractivity contribution is 9.10. The van der Waals surface area contributed by atoms with Gasteiger partial charge in [-0.05, 0) is 59.1 Å². The first-order valence-corrected chi connectivity index (χ1v) is 8.30. The number of benzene rings is 1. The van der Waals surface area contributed by atoms with Gasteiger partial charge in [-0.1, -0.05) is 23.7 Å². The number of pyridine rings is 1. The summed E-state index contributed by atoms with van der Waals surface area (Å²) in [5.41, 5.74) is 4.06. The minimum Gasteiger partial charge on any atom is -0.347 e. The first-order valence-electron chi connectivity index (χ1n) is 7.13. The van der Waals surface area contributed by atoms with E-state index in [1.54, 1.807) is 0 Å². The summed E-state index contributed by atoms with van der Waals surface area (Å²) in [6.07, 6.45) is 1.86. The largest absolute Gasteiger partial charge is 0.347 e. The number of aryl methyl sites for hydroxylation is 2. The number of imidazole rings is 1. The third-order valence-electron chi connectivity index (χ3n) is 3.63.